The highest BCUT2D eigenvalue weighted by Crippen LogP contribution is 2.33. The van der Waals surface area contributed by atoms with Gasteiger partial charge in [0.2, 0.25) is 0 Å². The number of benzene rings is 1. The summed E-state index contributed by atoms with van der Waals surface area (Å²) in [6.45, 7) is -0.218. The van der Waals surface area contributed by atoms with Gasteiger partial charge >= 0.3 is 0 Å². The number of aliphatic hydroxyl groups excluding tert-OH is 1. The number of halogens is 2. The molecule has 1 heterocycles. The van der Waals surface area contributed by atoms with Gasteiger partial charge in [-0.15, -0.1) is 0 Å². The van der Waals surface area contributed by atoms with Gasteiger partial charge < -0.3 is 5.11 Å². The Morgan fingerprint density at radius 2 is 2.18 bits per heavy atom. The van der Waals surface area contributed by atoms with Crippen LogP contribution in [0.5, 0.6) is 0 Å². The van der Waals surface area contributed by atoms with Gasteiger partial charge in [-0.3, -0.25) is 0 Å². The lowest BCUT2D eigenvalue weighted by molar-refractivity contribution is 0.278. The van der Waals surface area contributed by atoms with Gasteiger partial charge in [0.25, 0.3) is 0 Å². The third kappa shape index (κ3) is 2.97. The number of hydrogen-bond acceptors (Lipinski definition) is 3. The van der Waals surface area contributed by atoms with Crippen molar-refractivity contribution < 1.29 is 9.50 Å². The van der Waals surface area contributed by atoms with E-state index in [0.29, 0.717) is 15.6 Å². The maximum absolute atomic E-state index is 13.0. The molecule has 0 aliphatic carbocycles. The SMILES string of the molecule is OCc1cc(F)ccc1Sc1ncccc1Cl. The summed E-state index contributed by atoms with van der Waals surface area (Å²) in [7, 11) is 0. The maximum atomic E-state index is 13.0. The molecule has 5 heteroatoms. The molecule has 1 N–H and O–H groups in total. The van der Waals surface area contributed by atoms with Gasteiger partial charge in [-0.2, -0.15) is 0 Å². The fourth-order valence-corrected chi connectivity index (χ4v) is 2.44. The number of rotatable bonds is 3. The molecule has 1 aromatic carbocycles. The van der Waals surface area contributed by atoms with E-state index in [-0.39, 0.29) is 12.4 Å². The van der Waals surface area contributed by atoms with Crippen molar-refractivity contribution in [3.63, 3.8) is 0 Å². The number of pyridine rings is 1. The van der Waals surface area contributed by atoms with Crippen molar-refractivity contribution in [3.05, 3.63) is 52.9 Å². The Labute approximate surface area is 107 Å². The van der Waals surface area contributed by atoms with Gasteiger partial charge in [0.05, 0.1) is 11.6 Å². The number of nitrogens with zero attached hydrogens (tertiary/aromatic N) is 1. The first-order chi connectivity index (χ1) is 8.20. The number of hydrogen-bond donors (Lipinski definition) is 1. The van der Waals surface area contributed by atoms with Crippen LogP contribution in [0.1, 0.15) is 5.56 Å². The molecule has 0 saturated heterocycles. The van der Waals surface area contributed by atoms with Crippen LogP contribution in [0.2, 0.25) is 5.02 Å². The van der Waals surface area contributed by atoms with Gasteiger partial charge in [-0.05, 0) is 35.9 Å². The summed E-state index contributed by atoms with van der Waals surface area (Å²) in [5.41, 5.74) is 0.525. The van der Waals surface area contributed by atoms with Crippen LogP contribution in [0.15, 0.2) is 46.5 Å². The smallest absolute Gasteiger partial charge is 0.123 e. The first kappa shape index (κ1) is 12.4. The molecule has 2 rings (SSSR count). The molecule has 2 nitrogen and oxygen atoms in total. The van der Waals surface area contributed by atoms with E-state index < -0.39 is 0 Å². The molecule has 17 heavy (non-hydrogen) atoms. The van der Waals surface area contributed by atoms with Crippen molar-refractivity contribution in [3.8, 4) is 0 Å². The van der Waals surface area contributed by atoms with E-state index >= 15 is 0 Å². The van der Waals surface area contributed by atoms with Crippen LogP contribution in [0.4, 0.5) is 4.39 Å². The summed E-state index contributed by atoms with van der Waals surface area (Å²) in [6.07, 6.45) is 1.64. The summed E-state index contributed by atoms with van der Waals surface area (Å²) in [5.74, 6) is -0.370. The van der Waals surface area contributed by atoms with Crippen LogP contribution in [0, 0.1) is 5.82 Å². The second-order valence-corrected chi connectivity index (χ2v) is 4.74. The van der Waals surface area contributed by atoms with Crippen LogP contribution < -0.4 is 0 Å². The van der Waals surface area contributed by atoms with E-state index in [4.69, 9.17) is 16.7 Å². The van der Waals surface area contributed by atoms with Crippen molar-refractivity contribution >= 4 is 23.4 Å². The van der Waals surface area contributed by atoms with Gasteiger partial charge in [-0.1, -0.05) is 23.4 Å². The van der Waals surface area contributed by atoms with E-state index in [2.05, 4.69) is 4.98 Å². The molecule has 0 spiro atoms. The van der Waals surface area contributed by atoms with Gasteiger partial charge in [0.15, 0.2) is 0 Å². The van der Waals surface area contributed by atoms with Gasteiger partial charge in [-0.25, -0.2) is 9.37 Å². The highest BCUT2D eigenvalue weighted by atomic mass is 35.5. The highest BCUT2D eigenvalue weighted by molar-refractivity contribution is 7.99. The molecule has 0 radical (unpaired) electrons. The lowest BCUT2D eigenvalue weighted by atomic mass is 10.2. The first-order valence-corrected chi connectivity index (χ1v) is 6.08. The summed E-state index contributed by atoms with van der Waals surface area (Å²) >= 11 is 7.29. The quantitative estimate of drug-likeness (QED) is 0.926. The van der Waals surface area contributed by atoms with Crippen LogP contribution in [0.25, 0.3) is 0 Å². The topological polar surface area (TPSA) is 33.1 Å². The van der Waals surface area contributed by atoms with E-state index in [1.165, 1.54) is 23.9 Å². The minimum atomic E-state index is -0.370. The maximum Gasteiger partial charge on any atom is 0.123 e. The second-order valence-electron chi connectivity index (χ2n) is 3.30. The molecule has 2 aromatic rings. The third-order valence-corrected chi connectivity index (χ3v) is 3.68. The molecule has 0 aliphatic rings. The third-order valence-electron chi connectivity index (χ3n) is 2.12. The Hall–Kier alpha value is -1.10. The standard InChI is InChI=1S/C12H9ClFNOS/c13-10-2-1-5-15-12(10)17-11-4-3-9(14)6-8(11)7-16/h1-6,16H,7H2. The summed E-state index contributed by atoms with van der Waals surface area (Å²) in [5, 5.41) is 10.3. The van der Waals surface area contributed by atoms with Crippen molar-refractivity contribution in [2.45, 2.75) is 16.5 Å². The Morgan fingerprint density at radius 3 is 2.88 bits per heavy atom. The van der Waals surface area contributed by atoms with E-state index in [9.17, 15) is 4.39 Å². The molecular formula is C12H9ClFNOS. The summed E-state index contributed by atoms with van der Waals surface area (Å²) < 4.78 is 13.0. The van der Waals surface area contributed by atoms with Crippen molar-refractivity contribution in [1.29, 1.82) is 0 Å². The second kappa shape index (κ2) is 5.49. The van der Waals surface area contributed by atoms with Crippen LogP contribution in [-0.4, -0.2) is 10.1 Å². The average molecular weight is 270 g/mol. The predicted octanol–water partition coefficient (Wildman–Crippen LogP) is 3.52. The molecule has 0 atom stereocenters. The summed E-state index contributed by atoms with van der Waals surface area (Å²) in [6, 6.07) is 7.73. The molecule has 0 fully saturated rings. The zero-order chi connectivity index (χ0) is 12.3. The Kier molecular flexibility index (Phi) is 3.99. The molecular weight excluding hydrogens is 261 g/mol. The molecule has 0 bridgehead atoms. The average Bonchev–Trinajstić information content (AvgIpc) is 2.34. The Balaban J connectivity index is 2.33. The lowest BCUT2D eigenvalue weighted by Crippen LogP contribution is -1.90. The van der Waals surface area contributed by atoms with E-state index in [0.717, 1.165) is 4.90 Å². The Morgan fingerprint density at radius 1 is 1.35 bits per heavy atom. The Bertz CT molecular complexity index is 536. The van der Waals surface area contributed by atoms with Crippen molar-refractivity contribution in [2.24, 2.45) is 0 Å². The monoisotopic (exact) mass is 269 g/mol. The number of aromatic nitrogens is 1. The molecule has 88 valence electrons. The molecule has 0 amide bonds. The normalized spacial score (nSPS) is 10.5. The fraction of sp³-hybridized carbons (Fsp3) is 0.0833. The van der Waals surface area contributed by atoms with Crippen LogP contribution in [-0.2, 0) is 6.61 Å². The van der Waals surface area contributed by atoms with Gasteiger partial charge in [0.1, 0.15) is 10.8 Å². The highest BCUT2D eigenvalue weighted by Gasteiger charge is 2.08. The van der Waals surface area contributed by atoms with Crippen molar-refractivity contribution in [2.75, 3.05) is 0 Å². The number of aliphatic hydroxyl groups is 1. The molecule has 1 aromatic heterocycles. The zero-order valence-corrected chi connectivity index (χ0v) is 10.3. The predicted molar refractivity (Wildman–Crippen MR) is 65.7 cm³/mol. The zero-order valence-electron chi connectivity index (χ0n) is 8.73. The molecule has 0 aliphatic heterocycles. The van der Waals surface area contributed by atoms with Crippen LogP contribution >= 0.6 is 23.4 Å². The minimum Gasteiger partial charge on any atom is -0.392 e. The molecule has 0 saturated carbocycles. The molecule has 0 unspecified atom stereocenters. The first-order valence-electron chi connectivity index (χ1n) is 4.88. The van der Waals surface area contributed by atoms with Crippen LogP contribution in [0.3, 0.4) is 0 Å². The van der Waals surface area contributed by atoms with E-state index in [1.807, 2.05) is 0 Å². The lowest BCUT2D eigenvalue weighted by Gasteiger charge is -2.07. The fourth-order valence-electron chi connectivity index (χ4n) is 1.32. The van der Waals surface area contributed by atoms with Gasteiger partial charge in [0, 0.05) is 11.1 Å². The summed E-state index contributed by atoms with van der Waals surface area (Å²) in [4.78, 5) is 4.87. The minimum absolute atomic E-state index is 0.218. The van der Waals surface area contributed by atoms with Crippen molar-refractivity contribution in [1.82, 2.24) is 4.98 Å². The largest absolute Gasteiger partial charge is 0.392 e. The van der Waals surface area contributed by atoms with E-state index in [1.54, 1.807) is 24.4 Å².